The van der Waals surface area contributed by atoms with Crippen molar-refractivity contribution in [2.45, 2.75) is 38.8 Å². The zero-order valence-corrected chi connectivity index (χ0v) is 11.6. The molecule has 1 aromatic rings. The van der Waals surface area contributed by atoms with E-state index in [1.165, 1.54) is 6.92 Å². The van der Waals surface area contributed by atoms with Crippen LogP contribution in [0.2, 0.25) is 0 Å². The van der Waals surface area contributed by atoms with Gasteiger partial charge in [0.2, 0.25) is 5.91 Å². The van der Waals surface area contributed by atoms with Crippen LogP contribution in [0, 0.1) is 0 Å². The normalized spacial score (nSPS) is 20.1. The maximum absolute atomic E-state index is 11.2. The number of amides is 1. The summed E-state index contributed by atoms with van der Waals surface area (Å²) in [5, 5.41) is 2.95. The Labute approximate surface area is 113 Å². The predicted octanol–water partition coefficient (Wildman–Crippen LogP) is 2.43. The lowest BCUT2D eigenvalue weighted by atomic mass is 9.89. The van der Waals surface area contributed by atoms with E-state index in [1.54, 1.807) is 0 Å². The Kier molecular flexibility index (Phi) is 4.12. The summed E-state index contributed by atoms with van der Waals surface area (Å²) in [7, 11) is 0. The van der Waals surface area contributed by atoms with Crippen LogP contribution in [0.25, 0.3) is 0 Å². The van der Waals surface area contributed by atoms with E-state index in [4.69, 9.17) is 10.5 Å². The first-order chi connectivity index (χ1) is 7.87. The number of rotatable bonds is 1. The van der Waals surface area contributed by atoms with E-state index < -0.39 is 0 Å². The van der Waals surface area contributed by atoms with Gasteiger partial charge in [0.1, 0.15) is 11.4 Å². The molecule has 3 N–H and O–H groups in total. The molecule has 0 saturated carbocycles. The van der Waals surface area contributed by atoms with Gasteiger partial charge in [0.05, 0.1) is 6.04 Å². The van der Waals surface area contributed by atoms with Gasteiger partial charge in [0, 0.05) is 24.6 Å². The lowest BCUT2D eigenvalue weighted by Gasteiger charge is -2.37. The van der Waals surface area contributed by atoms with E-state index in [2.05, 4.69) is 5.32 Å². The Bertz CT molecular complexity index is 460. The van der Waals surface area contributed by atoms with Crippen LogP contribution in [0.4, 0.5) is 5.69 Å². The van der Waals surface area contributed by atoms with Gasteiger partial charge in [-0.25, -0.2) is 0 Å². The molecule has 1 aromatic carbocycles. The van der Waals surface area contributed by atoms with Gasteiger partial charge < -0.3 is 15.8 Å². The molecule has 0 spiro atoms. The Morgan fingerprint density at radius 1 is 1.50 bits per heavy atom. The number of anilines is 1. The average molecular weight is 271 g/mol. The third-order valence-electron chi connectivity index (χ3n) is 2.87. The van der Waals surface area contributed by atoms with Gasteiger partial charge in [-0.05, 0) is 32.0 Å². The first-order valence-electron chi connectivity index (χ1n) is 5.73. The standard InChI is InChI=1S/C13H18N2O2.ClH/c1-8(16)15-11-7-13(2,3)17-12-5-4-9(14)6-10(11)12;/h4-6,11H,7,14H2,1-3H3,(H,15,16);1H. The molecule has 100 valence electrons. The van der Waals surface area contributed by atoms with Gasteiger partial charge in [0.25, 0.3) is 0 Å². The molecule has 0 aromatic heterocycles. The fourth-order valence-electron chi connectivity index (χ4n) is 2.25. The van der Waals surface area contributed by atoms with Crippen molar-refractivity contribution in [3.8, 4) is 5.75 Å². The summed E-state index contributed by atoms with van der Waals surface area (Å²) in [4.78, 5) is 11.2. The van der Waals surface area contributed by atoms with E-state index >= 15 is 0 Å². The van der Waals surface area contributed by atoms with Crippen molar-refractivity contribution in [3.63, 3.8) is 0 Å². The number of benzene rings is 1. The molecular weight excluding hydrogens is 252 g/mol. The molecule has 1 unspecified atom stereocenters. The number of nitrogens with one attached hydrogen (secondary N) is 1. The van der Waals surface area contributed by atoms with Gasteiger partial charge in [-0.2, -0.15) is 0 Å². The molecule has 1 heterocycles. The van der Waals surface area contributed by atoms with Crippen LogP contribution in [-0.2, 0) is 4.79 Å². The van der Waals surface area contributed by atoms with Crippen LogP contribution in [0.3, 0.4) is 0 Å². The number of ether oxygens (including phenoxy) is 1. The van der Waals surface area contributed by atoms with Crippen molar-refractivity contribution < 1.29 is 9.53 Å². The van der Waals surface area contributed by atoms with Crippen molar-refractivity contribution in [1.29, 1.82) is 0 Å². The maximum Gasteiger partial charge on any atom is 0.217 e. The number of carbonyl (C=O) groups excluding carboxylic acids is 1. The molecule has 2 rings (SSSR count). The first kappa shape index (κ1) is 14.6. The van der Waals surface area contributed by atoms with E-state index in [-0.39, 0.29) is 30.0 Å². The number of nitrogen functional groups attached to an aromatic ring is 1. The largest absolute Gasteiger partial charge is 0.487 e. The van der Waals surface area contributed by atoms with Gasteiger partial charge in [-0.3, -0.25) is 4.79 Å². The van der Waals surface area contributed by atoms with Crippen LogP contribution < -0.4 is 15.8 Å². The van der Waals surface area contributed by atoms with Crippen LogP contribution in [0.15, 0.2) is 18.2 Å². The van der Waals surface area contributed by atoms with Gasteiger partial charge in [0.15, 0.2) is 0 Å². The van der Waals surface area contributed by atoms with E-state index in [1.807, 2.05) is 32.0 Å². The van der Waals surface area contributed by atoms with E-state index in [9.17, 15) is 4.79 Å². The fraction of sp³-hybridized carbons (Fsp3) is 0.462. The summed E-state index contributed by atoms with van der Waals surface area (Å²) in [5.74, 6) is 0.760. The smallest absolute Gasteiger partial charge is 0.217 e. The lowest BCUT2D eigenvalue weighted by Crippen LogP contribution is -2.40. The highest BCUT2D eigenvalue weighted by Gasteiger charge is 2.34. The summed E-state index contributed by atoms with van der Waals surface area (Å²) < 4.78 is 5.88. The summed E-state index contributed by atoms with van der Waals surface area (Å²) >= 11 is 0. The SMILES string of the molecule is CC(=O)NC1CC(C)(C)Oc2ccc(N)cc21.Cl. The van der Waals surface area contributed by atoms with Crippen molar-refractivity contribution in [2.24, 2.45) is 0 Å². The first-order valence-corrected chi connectivity index (χ1v) is 5.73. The molecule has 5 heteroatoms. The number of carbonyl (C=O) groups is 1. The van der Waals surface area contributed by atoms with Crippen LogP contribution in [0.5, 0.6) is 5.75 Å². The maximum atomic E-state index is 11.2. The Hall–Kier alpha value is -1.42. The number of nitrogens with two attached hydrogens (primary N) is 1. The predicted molar refractivity (Wildman–Crippen MR) is 74.0 cm³/mol. The van der Waals surface area contributed by atoms with Crippen molar-refractivity contribution >= 4 is 24.0 Å². The van der Waals surface area contributed by atoms with Crippen LogP contribution >= 0.6 is 12.4 Å². The Morgan fingerprint density at radius 2 is 2.17 bits per heavy atom. The van der Waals surface area contributed by atoms with Crippen molar-refractivity contribution in [3.05, 3.63) is 23.8 Å². The highest BCUT2D eigenvalue weighted by Crippen LogP contribution is 2.40. The number of hydrogen-bond acceptors (Lipinski definition) is 3. The average Bonchev–Trinajstić information content (AvgIpc) is 2.17. The summed E-state index contributed by atoms with van der Waals surface area (Å²) in [6.07, 6.45) is 0.739. The highest BCUT2D eigenvalue weighted by molar-refractivity contribution is 5.85. The van der Waals surface area contributed by atoms with Crippen molar-refractivity contribution in [2.75, 3.05) is 5.73 Å². The zero-order valence-electron chi connectivity index (χ0n) is 10.8. The minimum atomic E-state index is -0.282. The Balaban J connectivity index is 0.00000162. The summed E-state index contributed by atoms with van der Waals surface area (Å²) in [6.45, 7) is 5.55. The molecule has 4 nitrogen and oxygen atoms in total. The highest BCUT2D eigenvalue weighted by atomic mass is 35.5. The molecule has 1 amide bonds. The molecule has 0 fully saturated rings. The monoisotopic (exact) mass is 270 g/mol. The van der Waals surface area contributed by atoms with Crippen LogP contribution in [0.1, 0.15) is 38.8 Å². The molecular formula is C13H19ClN2O2. The molecule has 0 saturated heterocycles. The topological polar surface area (TPSA) is 64.3 Å². The number of halogens is 1. The molecule has 1 atom stereocenters. The fourth-order valence-corrected chi connectivity index (χ4v) is 2.25. The molecule has 18 heavy (non-hydrogen) atoms. The second kappa shape index (κ2) is 5.06. The summed E-state index contributed by atoms with van der Waals surface area (Å²) in [6, 6.07) is 5.51. The minimum Gasteiger partial charge on any atom is -0.487 e. The van der Waals surface area contributed by atoms with Crippen LogP contribution in [-0.4, -0.2) is 11.5 Å². The second-order valence-corrected chi connectivity index (χ2v) is 5.12. The van der Waals surface area contributed by atoms with Gasteiger partial charge >= 0.3 is 0 Å². The third-order valence-corrected chi connectivity index (χ3v) is 2.87. The summed E-state index contributed by atoms with van der Waals surface area (Å²) in [5.41, 5.74) is 7.13. The number of fused-ring (bicyclic) bond motifs is 1. The molecule has 1 aliphatic rings. The molecule has 0 radical (unpaired) electrons. The Morgan fingerprint density at radius 3 is 2.78 bits per heavy atom. The van der Waals surface area contributed by atoms with Gasteiger partial charge in [-0.15, -0.1) is 12.4 Å². The van der Waals surface area contributed by atoms with Gasteiger partial charge in [-0.1, -0.05) is 0 Å². The number of hydrogen-bond donors (Lipinski definition) is 2. The zero-order chi connectivity index (χ0) is 12.6. The molecule has 0 aliphatic carbocycles. The van der Waals surface area contributed by atoms with E-state index in [0.717, 1.165) is 17.7 Å². The lowest BCUT2D eigenvalue weighted by molar-refractivity contribution is -0.120. The quantitative estimate of drug-likeness (QED) is 0.771. The minimum absolute atomic E-state index is 0. The molecule has 1 aliphatic heterocycles. The van der Waals surface area contributed by atoms with Crippen molar-refractivity contribution in [1.82, 2.24) is 5.32 Å². The second-order valence-electron chi connectivity index (χ2n) is 5.12. The van der Waals surface area contributed by atoms with E-state index in [0.29, 0.717) is 5.69 Å². The molecule has 0 bridgehead atoms. The third kappa shape index (κ3) is 3.07.